The molecule has 3 heterocycles. The van der Waals surface area contributed by atoms with E-state index in [4.69, 9.17) is 19.2 Å². The molecular weight excluding hydrogens is 508 g/mol. The molecule has 9 nitrogen and oxygen atoms in total. The highest BCUT2D eigenvalue weighted by Crippen LogP contribution is 2.19. The van der Waals surface area contributed by atoms with Crippen LogP contribution in [0.5, 0.6) is 0 Å². The summed E-state index contributed by atoms with van der Waals surface area (Å²) >= 11 is 0. The average molecular weight is 561 g/mol. The third-order valence-corrected chi connectivity index (χ3v) is 7.78. The van der Waals surface area contributed by atoms with Crippen LogP contribution in [0.4, 0.5) is 0 Å². The molecule has 0 N–H and O–H groups in total. The molecule has 4 bridgehead atoms. The van der Waals surface area contributed by atoms with E-state index in [9.17, 15) is 9.59 Å². The van der Waals surface area contributed by atoms with Gasteiger partial charge in [-0.1, -0.05) is 38.5 Å². The predicted octanol–water partition coefficient (Wildman–Crippen LogP) is 4.18. The van der Waals surface area contributed by atoms with Crippen molar-refractivity contribution in [2.75, 3.05) is 72.4 Å². The highest BCUT2D eigenvalue weighted by atomic mass is 16.5. The average Bonchev–Trinajstić information content (AvgIpc) is 3.15. The summed E-state index contributed by atoms with van der Waals surface area (Å²) in [5.41, 5.74) is 1.86. The Bertz CT molecular complexity index is 855. The van der Waals surface area contributed by atoms with Crippen molar-refractivity contribution < 1.29 is 23.8 Å². The lowest BCUT2D eigenvalue weighted by atomic mass is 10.1. The van der Waals surface area contributed by atoms with E-state index in [0.717, 1.165) is 63.0 Å². The second-order valence-electron chi connectivity index (χ2n) is 10.7. The van der Waals surface area contributed by atoms with E-state index in [1.807, 2.05) is 15.9 Å². The van der Waals surface area contributed by atoms with Crippen LogP contribution < -0.4 is 0 Å². The lowest BCUT2D eigenvalue weighted by Crippen LogP contribution is -2.42. The molecule has 0 radical (unpaired) electrons. The first-order valence-electron chi connectivity index (χ1n) is 15.6. The lowest BCUT2D eigenvalue weighted by molar-refractivity contribution is -0.133. The molecule has 0 saturated carbocycles. The number of hydrogen-bond acceptors (Lipinski definition) is 7. The van der Waals surface area contributed by atoms with Gasteiger partial charge in [-0.15, -0.1) is 0 Å². The molecule has 0 aromatic heterocycles. The predicted molar refractivity (Wildman–Crippen MR) is 158 cm³/mol. The maximum Gasteiger partial charge on any atom is 0.224 e. The van der Waals surface area contributed by atoms with Crippen LogP contribution in [0.15, 0.2) is 28.9 Å². The van der Waals surface area contributed by atoms with Crippen LogP contribution in [0.25, 0.3) is 0 Å². The van der Waals surface area contributed by atoms with E-state index in [1.54, 1.807) is 0 Å². The van der Waals surface area contributed by atoms with Gasteiger partial charge < -0.3 is 28.9 Å². The van der Waals surface area contributed by atoms with Crippen molar-refractivity contribution >= 4 is 17.5 Å². The van der Waals surface area contributed by atoms with Crippen LogP contribution in [0, 0.1) is 0 Å². The fraction of sp³-hybridized carbons (Fsp3) is 0.774. The summed E-state index contributed by atoms with van der Waals surface area (Å²) in [5.74, 6) is 0.235. The van der Waals surface area contributed by atoms with Gasteiger partial charge in [0.15, 0.2) is 0 Å². The first-order valence-corrected chi connectivity index (χ1v) is 15.6. The number of ether oxygens (including phenoxy) is 3. The number of carbonyl (C=O) groups is 2. The number of rotatable bonds is 3. The molecule has 0 aliphatic carbocycles. The summed E-state index contributed by atoms with van der Waals surface area (Å²) in [6.07, 6.45) is 15.4. The zero-order valence-electron chi connectivity index (χ0n) is 25.0. The van der Waals surface area contributed by atoms with Crippen LogP contribution in [-0.4, -0.2) is 111 Å². The summed E-state index contributed by atoms with van der Waals surface area (Å²) in [6.45, 7) is 10.1. The molecule has 0 aromatic carbocycles. The topological polar surface area (TPSA) is 83.9 Å². The monoisotopic (exact) mass is 560 g/mol. The number of hydrogen-bond donors (Lipinski definition) is 0. The Morgan fingerprint density at radius 3 is 1.95 bits per heavy atom. The molecule has 3 aliphatic heterocycles. The minimum absolute atomic E-state index is 0.101. The van der Waals surface area contributed by atoms with E-state index < -0.39 is 6.17 Å². The molecule has 0 aromatic rings. The molecule has 1 unspecified atom stereocenters. The molecule has 0 saturated heterocycles. The molecule has 226 valence electrons. The molecule has 3 aliphatic rings. The minimum atomic E-state index is -0.450. The maximum atomic E-state index is 13.6. The van der Waals surface area contributed by atoms with Crippen LogP contribution in [0.2, 0.25) is 0 Å². The van der Waals surface area contributed by atoms with Crippen molar-refractivity contribution in [3.63, 3.8) is 0 Å². The standard InChI is InChI=1S/C31H52N4O5/c1-3-33(4-2)28-15-16-29-32-27(25-28)26-34-17-19-38-21-23-40-24-22-39-20-18-35(29)31(37)14-12-10-8-6-5-7-9-11-13-30(34)36/h15-16,25,29H,3-14,17-24,26H2,1-2H3. The summed E-state index contributed by atoms with van der Waals surface area (Å²) in [4.78, 5) is 38.1. The summed E-state index contributed by atoms with van der Waals surface area (Å²) < 4.78 is 17.3. The normalized spacial score (nSPS) is 24.2. The third kappa shape index (κ3) is 11.3. The van der Waals surface area contributed by atoms with Crippen LogP contribution in [0.1, 0.15) is 78.1 Å². The number of carbonyl (C=O) groups excluding carboxylic acids is 2. The largest absolute Gasteiger partial charge is 0.377 e. The Balaban J connectivity index is 1.96. The Morgan fingerprint density at radius 2 is 1.32 bits per heavy atom. The smallest absolute Gasteiger partial charge is 0.224 e. The molecule has 0 spiro atoms. The van der Waals surface area contributed by atoms with E-state index >= 15 is 0 Å². The quantitative estimate of drug-likeness (QED) is 0.515. The fourth-order valence-electron chi connectivity index (χ4n) is 5.39. The second-order valence-corrected chi connectivity index (χ2v) is 10.7. The molecular formula is C31H52N4O5. The van der Waals surface area contributed by atoms with E-state index in [-0.39, 0.29) is 11.8 Å². The number of aliphatic imine (C=N–C) groups is 1. The summed E-state index contributed by atoms with van der Waals surface area (Å²) in [6, 6.07) is 0. The SMILES string of the molecule is CCN(CC)C1=CC2=NC(C=C1)N1CCOCCOCCOCCN(C2)C(=O)CCCCCCCCCCC1=O. The Kier molecular flexibility index (Phi) is 15.3. The van der Waals surface area contributed by atoms with Crippen molar-refractivity contribution in [1.29, 1.82) is 0 Å². The van der Waals surface area contributed by atoms with Gasteiger partial charge in [0, 0.05) is 44.7 Å². The first kappa shape index (κ1) is 32.3. The Morgan fingerprint density at radius 1 is 0.775 bits per heavy atom. The van der Waals surface area contributed by atoms with Crippen molar-refractivity contribution in [1.82, 2.24) is 14.7 Å². The van der Waals surface area contributed by atoms with Crippen molar-refractivity contribution in [3.05, 3.63) is 23.9 Å². The third-order valence-electron chi connectivity index (χ3n) is 7.78. The highest BCUT2D eigenvalue weighted by Gasteiger charge is 2.25. The molecule has 2 amide bonds. The zero-order valence-corrected chi connectivity index (χ0v) is 25.0. The van der Waals surface area contributed by atoms with Crippen LogP contribution >= 0.6 is 0 Å². The van der Waals surface area contributed by atoms with Gasteiger partial charge in [-0.3, -0.25) is 14.6 Å². The molecule has 0 fully saturated rings. The van der Waals surface area contributed by atoms with Gasteiger partial charge in [0.1, 0.15) is 6.17 Å². The molecule has 1 atom stereocenters. The summed E-state index contributed by atoms with van der Waals surface area (Å²) in [7, 11) is 0. The molecule has 9 heteroatoms. The molecule has 3 rings (SSSR count). The van der Waals surface area contributed by atoms with Crippen molar-refractivity contribution in [2.24, 2.45) is 4.99 Å². The Labute approximate surface area is 241 Å². The van der Waals surface area contributed by atoms with Crippen molar-refractivity contribution in [3.8, 4) is 0 Å². The number of likely N-dealkylation sites (N-methyl/N-ethyl adjacent to an activating group) is 1. The van der Waals surface area contributed by atoms with Gasteiger partial charge in [0.05, 0.1) is 51.9 Å². The first-order chi connectivity index (χ1) is 19.6. The van der Waals surface area contributed by atoms with Gasteiger partial charge in [-0.05, 0) is 44.9 Å². The van der Waals surface area contributed by atoms with Gasteiger partial charge in [0.25, 0.3) is 0 Å². The van der Waals surface area contributed by atoms with Crippen LogP contribution in [0.3, 0.4) is 0 Å². The van der Waals surface area contributed by atoms with Gasteiger partial charge in [-0.2, -0.15) is 0 Å². The minimum Gasteiger partial charge on any atom is -0.377 e. The van der Waals surface area contributed by atoms with Gasteiger partial charge in [-0.25, -0.2) is 0 Å². The van der Waals surface area contributed by atoms with Crippen LogP contribution in [-0.2, 0) is 23.8 Å². The fourth-order valence-corrected chi connectivity index (χ4v) is 5.39. The number of nitrogens with zero attached hydrogens (tertiary/aromatic N) is 4. The Hall–Kier alpha value is -2.23. The number of fused-ring (bicyclic) bond motifs is 1. The van der Waals surface area contributed by atoms with E-state index in [0.29, 0.717) is 72.1 Å². The number of amides is 2. The van der Waals surface area contributed by atoms with Crippen molar-refractivity contribution in [2.45, 2.75) is 84.2 Å². The maximum absolute atomic E-state index is 13.6. The summed E-state index contributed by atoms with van der Waals surface area (Å²) in [5, 5.41) is 0. The van der Waals surface area contributed by atoms with E-state index in [1.165, 1.54) is 12.8 Å². The second kappa shape index (κ2) is 19.0. The lowest BCUT2D eigenvalue weighted by Gasteiger charge is -2.28. The number of allylic oxidation sites excluding steroid dienone is 1. The molecule has 40 heavy (non-hydrogen) atoms. The van der Waals surface area contributed by atoms with Gasteiger partial charge in [0.2, 0.25) is 11.8 Å². The van der Waals surface area contributed by atoms with Gasteiger partial charge >= 0.3 is 0 Å². The van der Waals surface area contributed by atoms with E-state index in [2.05, 4.69) is 30.9 Å². The highest BCUT2D eigenvalue weighted by molar-refractivity contribution is 6.00. The zero-order chi connectivity index (χ0) is 28.4.